The molecule has 0 fully saturated rings. The molecule has 32 heavy (non-hydrogen) atoms. The molecule has 0 radical (unpaired) electrons. The van der Waals surface area contributed by atoms with Gasteiger partial charge in [-0.15, -0.1) is 11.3 Å². The van der Waals surface area contributed by atoms with E-state index in [0.29, 0.717) is 29.4 Å². The van der Waals surface area contributed by atoms with Crippen LogP contribution in [0.1, 0.15) is 27.7 Å². The lowest BCUT2D eigenvalue weighted by atomic mass is 10.1. The quantitative estimate of drug-likeness (QED) is 0.428. The van der Waals surface area contributed by atoms with Crippen LogP contribution < -0.4 is 18.9 Å². The van der Waals surface area contributed by atoms with Crippen molar-refractivity contribution in [1.29, 1.82) is 0 Å². The zero-order valence-corrected chi connectivity index (χ0v) is 19.9. The van der Waals surface area contributed by atoms with E-state index in [-0.39, 0.29) is 11.9 Å². The van der Waals surface area contributed by atoms with Crippen LogP contribution >= 0.6 is 11.3 Å². The highest BCUT2D eigenvalue weighted by atomic mass is 32.1. The number of methoxy groups -OCH3 is 4. The number of thiophene rings is 1. The van der Waals surface area contributed by atoms with Gasteiger partial charge < -0.3 is 23.8 Å². The van der Waals surface area contributed by atoms with Gasteiger partial charge >= 0.3 is 0 Å². The van der Waals surface area contributed by atoms with E-state index in [1.54, 1.807) is 51.9 Å². The Labute approximate surface area is 193 Å². The second-order valence-corrected chi connectivity index (χ2v) is 8.36. The molecule has 1 unspecified atom stereocenters. The summed E-state index contributed by atoms with van der Waals surface area (Å²) < 4.78 is 21.6. The molecule has 3 rings (SSSR count). The Balaban J connectivity index is 1.96. The van der Waals surface area contributed by atoms with Crippen LogP contribution in [0, 0.1) is 0 Å². The molecule has 7 heteroatoms. The number of hydrogen-bond donors (Lipinski definition) is 0. The number of nitrogens with zero attached hydrogens (tertiary/aromatic N) is 1. The van der Waals surface area contributed by atoms with Gasteiger partial charge in [0, 0.05) is 29.4 Å². The third kappa shape index (κ3) is 5.34. The molecule has 0 bridgehead atoms. The average Bonchev–Trinajstić information content (AvgIpc) is 3.34. The average molecular weight is 456 g/mol. The molecule has 1 aromatic heterocycles. The summed E-state index contributed by atoms with van der Waals surface area (Å²) in [5.74, 6) is 2.03. The van der Waals surface area contributed by atoms with Crippen molar-refractivity contribution in [2.45, 2.75) is 25.9 Å². The van der Waals surface area contributed by atoms with E-state index < -0.39 is 0 Å². The molecular weight excluding hydrogens is 426 g/mol. The summed E-state index contributed by atoms with van der Waals surface area (Å²) >= 11 is 1.69. The Morgan fingerprint density at radius 2 is 1.59 bits per heavy atom. The lowest BCUT2D eigenvalue weighted by Crippen LogP contribution is -2.39. The lowest BCUT2D eigenvalue weighted by Gasteiger charge is -2.30. The van der Waals surface area contributed by atoms with Crippen LogP contribution in [0.3, 0.4) is 0 Å². The van der Waals surface area contributed by atoms with E-state index in [1.807, 2.05) is 35.2 Å². The molecule has 6 nitrogen and oxygen atoms in total. The van der Waals surface area contributed by atoms with E-state index in [9.17, 15) is 4.79 Å². The van der Waals surface area contributed by atoms with Gasteiger partial charge in [-0.1, -0.05) is 18.2 Å². The molecule has 1 amide bonds. The molecule has 0 saturated carbocycles. The van der Waals surface area contributed by atoms with Gasteiger partial charge in [-0.3, -0.25) is 4.79 Å². The molecule has 0 saturated heterocycles. The van der Waals surface area contributed by atoms with Crippen molar-refractivity contribution >= 4 is 17.2 Å². The molecular formula is C25H29NO5S. The van der Waals surface area contributed by atoms with E-state index in [1.165, 1.54) is 4.88 Å². The Hall–Kier alpha value is -3.19. The number of carbonyl (C=O) groups excluding carboxylic acids is 1. The highest BCUT2D eigenvalue weighted by molar-refractivity contribution is 7.09. The summed E-state index contributed by atoms with van der Waals surface area (Å²) in [6.45, 7) is 2.53. The fraction of sp³-hybridized carbons (Fsp3) is 0.320. The molecule has 0 N–H and O–H groups in total. The zero-order chi connectivity index (χ0) is 23.1. The first-order valence-corrected chi connectivity index (χ1v) is 11.1. The van der Waals surface area contributed by atoms with Crippen LogP contribution in [0.4, 0.5) is 0 Å². The maximum atomic E-state index is 13.7. The third-order valence-corrected chi connectivity index (χ3v) is 6.19. The second-order valence-electron chi connectivity index (χ2n) is 7.33. The van der Waals surface area contributed by atoms with Crippen molar-refractivity contribution in [3.63, 3.8) is 0 Å². The van der Waals surface area contributed by atoms with Gasteiger partial charge in [0.15, 0.2) is 11.5 Å². The summed E-state index contributed by atoms with van der Waals surface area (Å²) in [5.41, 5.74) is 1.50. The predicted octanol–water partition coefficient (Wildman–Crippen LogP) is 5.06. The molecule has 170 valence electrons. The number of hydrogen-bond acceptors (Lipinski definition) is 6. The largest absolute Gasteiger partial charge is 0.497 e. The first kappa shape index (κ1) is 23.5. The summed E-state index contributed by atoms with van der Waals surface area (Å²) in [4.78, 5) is 16.8. The van der Waals surface area contributed by atoms with Crippen molar-refractivity contribution in [2.75, 3.05) is 28.4 Å². The van der Waals surface area contributed by atoms with Gasteiger partial charge in [0.1, 0.15) is 5.75 Å². The summed E-state index contributed by atoms with van der Waals surface area (Å²) in [5, 5.41) is 2.05. The van der Waals surface area contributed by atoms with E-state index in [4.69, 9.17) is 18.9 Å². The smallest absolute Gasteiger partial charge is 0.254 e. The van der Waals surface area contributed by atoms with Gasteiger partial charge in [-0.05, 0) is 48.2 Å². The van der Waals surface area contributed by atoms with Crippen LogP contribution in [0.25, 0.3) is 0 Å². The Bertz CT molecular complexity index is 992. The van der Waals surface area contributed by atoms with Crippen LogP contribution in [0.15, 0.2) is 53.9 Å². The van der Waals surface area contributed by atoms with Crippen molar-refractivity contribution in [2.24, 2.45) is 0 Å². The Morgan fingerprint density at radius 1 is 0.938 bits per heavy atom. The predicted molar refractivity (Wildman–Crippen MR) is 126 cm³/mol. The molecule has 3 aromatic rings. The maximum absolute atomic E-state index is 13.7. The number of rotatable bonds is 10. The second kappa shape index (κ2) is 10.9. The first-order valence-electron chi connectivity index (χ1n) is 10.3. The number of carbonyl (C=O) groups is 1. The Morgan fingerprint density at radius 3 is 2.09 bits per heavy atom. The normalized spacial score (nSPS) is 11.5. The molecule has 0 aliphatic rings. The number of benzene rings is 2. The van der Waals surface area contributed by atoms with Crippen LogP contribution in [0.5, 0.6) is 23.0 Å². The monoisotopic (exact) mass is 455 g/mol. The van der Waals surface area contributed by atoms with Crippen molar-refractivity contribution in [3.05, 3.63) is 69.9 Å². The minimum atomic E-state index is -0.107. The van der Waals surface area contributed by atoms with Crippen LogP contribution in [-0.2, 0) is 13.0 Å². The van der Waals surface area contributed by atoms with Gasteiger partial charge in [0.2, 0.25) is 5.75 Å². The molecule has 0 aliphatic heterocycles. The fourth-order valence-electron chi connectivity index (χ4n) is 3.56. The SMILES string of the molecule is COc1ccc(CN(C(=O)c2cc(OC)c(OC)c(OC)c2)C(C)Cc2cccs2)cc1. The standard InChI is InChI=1S/C25H29NO5S/c1-17(13-21-7-6-12-32-21)26(16-18-8-10-20(28-2)11-9-18)25(27)19-14-22(29-3)24(31-5)23(15-19)30-4/h6-12,14-15,17H,13,16H2,1-5H3. The van der Waals surface area contributed by atoms with Crippen molar-refractivity contribution in [1.82, 2.24) is 4.90 Å². The number of amides is 1. The molecule has 2 aromatic carbocycles. The van der Waals surface area contributed by atoms with Crippen LogP contribution in [-0.4, -0.2) is 45.3 Å². The molecule has 0 aliphatic carbocycles. The van der Waals surface area contributed by atoms with Crippen LogP contribution in [0.2, 0.25) is 0 Å². The molecule has 0 spiro atoms. The molecule has 1 heterocycles. The third-order valence-electron chi connectivity index (χ3n) is 5.29. The van der Waals surface area contributed by atoms with E-state index in [0.717, 1.165) is 17.7 Å². The molecule has 1 atom stereocenters. The summed E-state index contributed by atoms with van der Waals surface area (Å²) in [6, 6.07) is 15.3. The minimum Gasteiger partial charge on any atom is -0.497 e. The van der Waals surface area contributed by atoms with Crippen molar-refractivity contribution in [3.8, 4) is 23.0 Å². The van der Waals surface area contributed by atoms with E-state index >= 15 is 0 Å². The van der Waals surface area contributed by atoms with Gasteiger partial charge in [-0.25, -0.2) is 0 Å². The topological polar surface area (TPSA) is 57.2 Å². The summed E-state index contributed by atoms with van der Waals surface area (Å²) in [7, 11) is 6.26. The first-order chi connectivity index (χ1) is 15.5. The van der Waals surface area contributed by atoms with E-state index in [2.05, 4.69) is 18.4 Å². The van der Waals surface area contributed by atoms with Gasteiger partial charge in [-0.2, -0.15) is 0 Å². The maximum Gasteiger partial charge on any atom is 0.254 e. The zero-order valence-electron chi connectivity index (χ0n) is 19.1. The highest BCUT2D eigenvalue weighted by Gasteiger charge is 2.25. The summed E-state index contributed by atoms with van der Waals surface area (Å²) in [6.07, 6.45) is 0.768. The van der Waals surface area contributed by atoms with Gasteiger partial charge in [0.25, 0.3) is 5.91 Å². The van der Waals surface area contributed by atoms with Crippen molar-refractivity contribution < 1.29 is 23.7 Å². The Kier molecular flexibility index (Phi) is 8.00. The number of ether oxygens (including phenoxy) is 4. The minimum absolute atomic E-state index is 0.0256. The fourth-order valence-corrected chi connectivity index (χ4v) is 4.38. The lowest BCUT2D eigenvalue weighted by molar-refractivity contribution is 0.0675. The van der Waals surface area contributed by atoms with Gasteiger partial charge in [0.05, 0.1) is 28.4 Å². The highest BCUT2D eigenvalue weighted by Crippen LogP contribution is 2.38.